The Morgan fingerprint density at radius 3 is 1.85 bits per heavy atom. The first-order valence-corrected chi connectivity index (χ1v) is 8.27. The van der Waals surface area contributed by atoms with Crippen LogP contribution < -0.4 is 4.90 Å². The summed E-state index contributed by atoms with van der Waals surface area (Å²) in [6.07, 6.45) is 1.33. The zero-order chi connectivity index (χ0) is 14.4. The van der Waals surface area contributed by atoms with Crippen LogP contribution in [0.15, 0.2) is 24.3 Å². The number of nitrogens with zero attached hydrogens (tertiary/aromatic N) is 1. The fourth-order valence-electron chi connectivity index (χ4n) is 2.95. The average molecular weight is 403 g/mol. The number of imide groups is 1. The van der Waals surface area contributed by atoms with Crippen LogP contribution in [-0.2, 0) is 9.59 Å². The van der Waals surface area contributed by atoms with Crippen molar-refractivity contribution in [3.8, 4) is 5.75 Å². The van der Waals surface area contributed by atoms with E-state index in [1.165, 1.54) is 17.0 Å². The summed E-state index contributed by atoms with van der Waals surface area (Å²) < 4.78 is 0. The van der Waals surface area contributed by atoms with E-state index in [1.807, 2.05) is 0 Å². The highest BCUT2D eigenvalue weighted by atomic mass is 79.9. The van der Waals surface area contributed by atoms with Crippen LogP contribution in [0.3, 0.4) is 0 Å². The van der Waals surface area contributed by atoms with Crippen molar-refractivity contribution < 1.29 is 14.7 Å². The van der Waals surface area contributed by atoms with E-state index in [4.69, 9.17) is 0 Å². The lowest BCUT2D eigenvalue weighted by Crippen LogP contribution is -2.34. The molecule has 3 rings (SSSR count). The Bertz CT molecular complexity index is 532. The van der Waals surface area contributed by atoms with Gasteiger partial charge in [-0.15, -0.1) is 0 Å². The maximum Gasteiger partial charge on any atom is 0.237 e. The molecule has 1 aliphatic carbocycles. The van der Waals surface area contributed by atoms with Crippen molar-refractivity contribution in [1.29, 1.82) is 0 Å². The highest BCUT2D eigenvalue weighted by molar-refractivity contribution is 9.12. The minimum atomic E-state index is -0.241. The summed E-state index contributed by atoms with van der Waals surface area (Å²) >= 11 is 7.12. The molecule has 2 amide bonds. The Balaban J connectivity index is 1.93. The monoisotopic (exact) mass is 401 g/mol. The maximum atomic E-state index is 12.5. The first-order valence-electron chi connectivity index (χ1n) is 6.44. The number of hydrogen-bond donors (Lipinski definition) is 1. The van der Waals surface area contributed by atoms with Crippen molar-refractivity contribution in [2.75, 3.05) is 4.90 Å². The lowest BCUT2D eigenvalue weighted by Gasteiger charge is -2.29. The van der Waals surface area contributed by atoms with Crippen molar-refractivity contribution in [3.63, 3.8) is 0 Å². The number of rotatable bonds is 1. The SMILES string of the molecule is O=C1[C@H]2C[C@@H](Br)[C@H](Br)C[C@H]2C(=O)N1c1ccc(O)cc1. The summed E-state index contributed by atoms with van der Waals surface area (Å²) in [5.74, 6) is -0.626. The van der Waals surface area contributed by atoms with Crippen LogP contribution in [0.5, 0.6) is 5.75 Å². The Morgan fingerprint density at radius 2 is 1.40 bits per heavy atom. The molecule has 1 saturated heterocycles. The number of hydrogen-bond acceptors (Lipinski definition) is 3. The third-order valence-electron chi connectivity index (χ3n) is 4.02. The number of phenols is 1. The largest absolute Gasteiger partial charge is 0.508 e. The molecule has 0 unspecified atom stereocenters. The van der Waals surface area contributed by atoms with Crippen LogP contribution >= 0.6 is 31.9 Å². The predicted molar refractivity (Wildman–Crippen MR) is 82.2 cm³/mol. The van der Waals surface area contributed by atoms with E-state index >= 15 is 0 Å². The van der Waals surface area contributed by atoms with Gasteiger partial charge in [-0.1, -0.05) is 31.9 Å². The molecule has 2 fully saturated rings. The summed E-state index contributed by atoms with van der Waals surface area (Å²) in [5, 5.41) is 9.31. The van der Waals surface area contributed by atoms with Crippen LogP contribution in [0.4, 0.5) is 5.69 Å². The Labute approximate surface area is 133 Å². The molecule has 1 aromatic carbocycles. The molecular formula is C14H13Br2NO3. The topological polar surface area (TPSA) is 57.6 Å². The molecule has 0 aromatic heterocycles. The van der Waals surface area contributed by atoms with E-state index in [2.05, 4.69) is 31.9 Å². The van der Waals surface area contributed by atoms with Crippen LogP contribution in [0.2, 0.25) is 0 Å². The number of carbonyl (C=O) groups excluding carboxylic acids is 2. The third-order valence-corrected chi connectivity index (χ3v) is 6.75. The number of amides is 2. The predicted octanol–water partition coefficient (Wildman–Crippen LogP) is 2.82. The second-order valence-electron chi connectivity index (χ2n) is 5.24. The van der Waals surface area contributed by atoms with Crippen LogP contribution in [-0.4, -0.2) is 26.6 Å². The van der Waals surface area contributed by atoms with Crippen molar-refractivity contribution >= 4 is 49.4 Å². The number of carbonyl (C=O) groups is 2. The van der Waals surface area contributed by atoms with Gasteiger partial charge < -0.3 is 5.11 Å². The number of anilines is 1. The standard InChI is InChI=1S/C14H13Br2NO3/c15-11-5-9-10(6-12(11)16)14(20)17(13(9)19)7-1-3-8(18)4-2-7/h1-4,9-12,18H,5-6H2/t9-,10+,11-,12-/m1/s1. The van der Waals surface area contributed by atoms with Gasteiger partial charge in [0.1, 0.15) is 5.75 Å². The zero-order valence-electron chi connectivity index (χ0n) is 10.5. The van der Waals surface area contributed by atoms with Crippen LogP contribution in [0.1, 0.15) is 12.8 Å². The number of fused-ring (bicyclic) bond motifs is 1. The number of aromatic hydroxyl groups is 1. The lowest BCUT2D eigenvalue weighted by molar-refractivity contribution is -0.122. The van der Waals surface area contributed by atoms with Crippen molar-refractivity contribution in [2.45, 2.75) is 22.5 Å². The van der Waals surface area contributed by atoms with E-state index < -0.39 is 0 Å². The van der Waals surface area contributed by atoms with Crippen LogP contribution in [0, 0.1) is 11.8 Å². The second kappa shape index (κ2) is 5.15. The van der Waals surface area contributed by atoms with Crippen molar-refractivity contribution in [1.82, 2.24) is 0 Å². The molecule has 0 bridgehead atoms. The van der Waals surface area contributed by atoms with Gasteiger partial charge in [0.25, 0.3) is 0 Å². The third kappa shape index (κ3) is 2.19. The molecule has 1 N–H and O–H groups in total. The molecule has 0 spiro atoms. The summed E-state index contributed by atoms with van der Waals surface area (Å²) in [6.45, 7) is 0. The van der Waals surface area contributed by atoms with Gasteiger partial charge in [0.15, 0.2) is 0 Å². The average Bonchev–Trinajstić information content (AvgIpc) is 2.65. The summed E-state index contributed by atoms with van der Waals surface area (Å²) in [6, 6.07) is 6.16. The van der Waals surface area contributed by atoms with E-state index in [9.17, 15) is 14.7 Å². The molecule has 1 saturated carbocycles. The minimum absolute atomic E-state index is 0.117. The summed E-state index contributed by atoms with van der Waals surface area (Å²) in [4.78, 5) is 26.7. The Morgan fingerprint density at radius 1 is 0.950 bits per heavy atom. The van der Waals surface area contributed by atoms with Crippen LogP contribution in [0.25, 0.3) is 0 Å². The molecule has 20 heavy (non-hydrogen) atoms. The van der Waals surface area contributed by atoms with E-state index in [0.717, 1.165) is 0 Å². The van der Waals surface area contributed by atoms with Gasteiger partial charge >= 0.3 is 0 Å². The number of phenolic OH excluding ortho intramolecular Hbond substituents is 1. The molecule has 1 aromatic rings. The van der Waals surface area contributed by atoms with Gasteiger partial charge in [-0.05, 0) is 37.1 Å². The van der Waals surface area contributed by atoms with E-state index in [-0.39, 0.29) is 39.1 Å². The summed E-state index contributed by atoms with van der Waals surface area (Å²) in [5.41, 5.74) is 0.532. The van der Waals surface area contributed by atoms with Gasteiger partial charge in [0.05, 0.1) is 17.5 Å². The fraction of sp³-hybridized carbons (Fsp3) is 0.429. The Kier molecular flexibility index (Phi) is 3.62. The zero-order valence-corrected chi connectivity index (χ0v) is 13.7. The number of benzene rings is 1. The Hall–Kier alpha value is -0.880. The first-order chi connectivity index (χ1) is 9.49. The number of halogens is 2. The molecule has 6 heteroatoms. The lowest BCUT2D eigenvalue weighted by atomic mass is 9.81. The van der Waals surface area contributed by atoms with E-state index in [0.29, 0.717) is 18.5 Å². The smallest absolute Gasteiger partial charge is 0.237 e. The highest BCUT2D eigenvalue weighted by Gasteiger charge is 2.52. The molecule has 4 atom stereocenters. The van der Waals surface area contributed by atoms with Crippen molar-refractivity contribution in [2.24, 2.45) is 11.8 Å². The molecule has 106 valence electrons. The van der Waals surface area contributed by atoms with Gasteiger partial charge in [-0.3, -0.25) is 14.5 Å². The van der Waals surface area contributed by atoms with Gasteiger partial charge in [0.2, 0.25) is 11.8 Å². The first kappa shape index (κ1) is 14.1. The van der Waals surface area contributed by atoms with Gasteiger partial charge in [-0.2, -0.15) is 0 Å². The molecule has 4 nitrogen and oxygen atoms in total. The van der Waals surface area contributed by atoms with Crippen molar-refractivity contribution in [3.05, 3.63) is 24.3 Å². The molecular weight excluding hydrogens is 390 g/mol. The van der Waals surface area contributed by atoms with Gasteiger partial charge in [-0.25, -0.2) is 0 Å². The second-order valence-corrected chi connectivity index (χ2v) is 7.60. The quantitative estimate of drug-likeness (QED) is 0.580. The normalized spacial score (nSPS) is 33.4. The van der Waals surface area contributed by atoms with E-state index in [1.54, 1.807) is 12.1 Å². The molecule has 0 radical (unpaired) electrons. The maximum absolute atomic E-state index is 12.5. The molecule has 1 heterocycles. The van der Waals surface area contributed by atoms with Gasteiger partial charge in [0, 0.05) is 9.65 Å². The molecule has 1 aliphatic heterocycles. The summed E-state index contributed by atoms with van der Waals surface area (Å²) in [7, 11) is 0. The highest BCUT2D eigenvalue weighted by Crippen LogP contribution is 2.44. The number of alkyl halides is 2. The molecule has 2 aliphatic rings. The fourth-order valence-corrected chi connectivity index (χ4v) is 4.19. The minimum Gasteiger partial charge on any atom is -0.508 e.